The van der Waals surface area contributed by atoms with E-state index in [9.17, 15) is 9.59 Å². The lowest BCUT2D eigenvalue weighted by atomic mass is 10.2. The van der Waals surface area contributed by atoms with E-state index in [1.807, 2.05) is 25.1 Å². The van der Waals surface area contributed by atoms with E-state index in [1.165, 1.54) is 17.6 Å². The molecule has 0 aliphatic rings. The Bertz CT molecular complexity index is 1250. The molecule has 3 aromatic heterocycles. The number of furan rings is 1. The van der Waals surface area contributed by atoms with Crippen molar-refractivity contribution in [2.24, 2.45) is 0 Å². The summed E-state index contributed by atoms with van der Waals surface area (Å²) in [5.74, 6) is -0.315. The number of anilines is 2. The predicted octanol–water partition coefficient (Wildman–Crippen LogP) is 5.45. The Morgan fingerprint density at radius 1 is 1.06 bits per heavy atom. The minimum atomic E-state index is -0.343. The zero-order valence-electron chi connectivity index (χ0n) is 19.1. The summed E-state index contributed by atoms with van der Waals surface area (Å²) < 4.78 is 7.36. The average molecular weight is 465 g/mol. The van der Waals surface area contributed by atoms with Crippen LogP contribution < -0.4 is 10.6 Å². The number of nitrogens with one attached hydrogen (secondary N) is 2. The second-order valence-electron chi connectivity index (χ2n) is 7.82. The van der Waals surface area contributed by atoms with Gasteiger partial charge in [0.05, 0.1) is 16.1 Å². The van der Waals surface area contributed by atoms with Gasteiger partial charge in [-0.1, -0.05) is 13.8 Å². The van der Waals surface area contributed by atoms with Crippen LogP contribution in [0.15, 0.2) is 59.3 Å². The number of benzene rings is 1. The first kappa shape index (κ1) is 22.8. The molecular weight excluding hydrogens is 436 g/mol. The van der Waals surface area contributed by atoms with Crippen LogP contribution in [0, 0.1) is 6.92 Å². The van der Waals surface area contributed by atoms with Crippen molar-refractivity contribution < 1.29 is 14.0 Å². The molecule has 7 nitrogen and oxygen atoms in total. The summed E-state index contributed by atoms with van der Waals surface area (Å²) in [6.45, 7) is 10.2. The number of amides is 2. The Hall–Kier alpha value is -3.36. The van der Waals surface area contributed by atoms with E-state index >= 15 is 0 Å². The van der Waals surface area contributed by atoms with Gasteiger partial charge in [-0.3, -0.25) is 9.59 Å². The molecule has 0 unspecified atom stereocenters. The minimum Gasteiger partial charge on any atom is -0.459 e. The fourth-order valence-corrected chi connectivity index (χ4v) is 4.76. The van der Waals surface area contributed by atoms with E-state index in [0.717, 1.165) is 48.3 Å². The second kappa shape index (κ2) is 10.1. The number of rotatable bonds is 9. The zero-order chi connectivity index (χ0) is 23.4. The van der Waals surface area contributed by atoms with Gasteiger partial charge in [0.1, 0.15) is 0 Å². The van der Waals surface area contributed by atoms with Crippen LogP contribution in [0.4, 0.5) is 10.7 Å². The van der Waals surface area contributed by atoms with Crippen LogP contribution in [0.1, 0.15) is 39.6 Å². The largest absolute Gasteiger partial charge is 0.459 e. The van der Waals surface area contributed by atoms with Crippen LogP contribution in [-0.4, -0.2) is 40.9 Å². The third kappa shape index (κ3) is 5.18. The topological polar surface area (TPSA) is 79.5 Å². The number of aryl methyl sites for hydroxylation is 1. The molecule has 33 heavy (non-hydrogen) atoms. The fourth-order valence-electron chi connectivity index (χ4n) is 3.80. The van der Waals surface area contributed by atoms with Crippen LogP contribution >= 0.6 is 11.3 Å². The minimum absolute atomic E-state index is 0.198. The van der Waals surface area contributed by atoms with Gasteiger partial charge in [0.2, 0.25) is 0 Å². The Kier molecular flexibility index (Phi) is 6.96. The third-order valence-electron chi connectivity index (χ3n) is 5.69. The number of thiophene rings is 1. The van der Waals surface area contributed by atoms with E-state index < -0.39 is 0 Å². The van der Waals surface area contributed by atoms with E-state index in [0.29, 0.717) is 9.88 Å². The molecule has 172 valence electrons. The summed E-state index contributed by atoms with van der Waals surface area (Å²) >= 11 is 1.24. The van der Waals surface area contributed by atoms with Crippen molar-refractivity contribution >= 4 is 44.7 Å². The molecule has 0 aliphatic heterocycles. The highest BCUT2D eigenvalue weighted by molar-refractivity contribution is 7.18. The first-order chi connectivity index (χ1) is 16.0. The Balaban J connectivity index is 1.43. The molecule has 4 aromatic rings. The van der Waals surface area contributed by atoms with Gasteiger partial charge in [-0.25, -0.2) is 0 Å². The van der Waals surface area contributed by atoms with Crippen LogP contribution in [0.25, 0.3) is 10.9 Å². The second-order valence-corrected chi connectivity index (χ2v) is 8.87. The average Bonchev–Trinajstić information content (AvgIpc) is 3.55. The molecule has 1 aromatic carbocycles. The number of hydrogen-bond donors (Lipinski definition) is 2. The first-order valence-electron chi connectivity index (χ1n) is 11.1. The molecule has 3 heterocycles. The van der Waals surface area contributed by atoms with Crippen molar-refractivity contribution in [1.82, 2.24) is 9.47 Å². The Labute approximate surface area is 197 Å². The monoisotopic (exact) mass is 464 g/mol. The van der Waals surface area contributed by atoms with Crippen molar-refractivity contribution in [3.8, 4) is 0 Å². The molecule has 0 aliphatic carbocycles. The molecule has 0 radical (unpaired) electrons. The number of hydrogen-bond acceptors (Lipinski definition) is 5. The number of carbonyl (C=O) groups excluding carboxylic acids is 2. The number of nitrogens with zero attached hydrogens (tertiary/aromatic N) is 2. The van der Waals surface area contributed by atoms with E-state index in [-0.39, 0.29) is 17.6 Å². The Morgan fingerprint density at radius 3 is 2.61 bits per heavy atom. The summed E-state index contributed by atoms with van der Waals surface area (Å²) in [6, 6.07) is 13.1. The molecule has 0 fully saturated rings. The first-order valence-corrected chi connectivity index (χ1v) is 11.9. The molecule has 0 saturated carbocycles. The van der Waals surface area contributed by atoms with E-state index in [1.54, 1.807) is 18.2 Å². The molecule has 4 rings (SSSR count). The predicted molar refractivity (Wildman–Crippen MR) is 133 cm³/mol. The van der Waals surface area contributed by atoms with Gasteiger partial charge in [-0.15, -0.1) is 11.3 Å². The van der Waals surface area contributed by atoms with Gasteiger partial charge >= 0.3 is 0 Å². The van der Waals surface area contributed by atoms with Crippen LogP contribution in [0.5, 0.6) is 0 Å². The maximum atomic E-state index is 12.9. The lowest BCUT2D eigenvalue weighted by molar-refractivity contribution is 0.0995. The fraction of sp³-hybridized carbons (Fsp3) is 0.280. The van der Waals surface area contributed by atoms with Crippen molar-refractivity contribution in [2.75, 3.05) is 30.3 Å². The van der Waals surface area contributed by atoms with Crippen LogP contribution in [0.2, 0.25) is 0 Å². The lowest BCUT2D eigenvalue weighted by Gasteiger charge is -2.18. The van der Waals surface area contributed by atoms with Crippen LogP contribution in [-0.2, 0) is 6.54 Å². The SMILES string of the molecule is CCN(CC)CCn1ccc2cc(NC(=O)c3sc(NC(=O)c4ccco4)cc3C)ccc21. The number of fused-ring (bicyclic) bond motifs is 1. The molecule has 2 amide bonds. The van der Waals surface area contributed by atoms with E-state index in [4.69, 9.17) is 4.42 Å². The number of likely N-dealkylation sites (N-methyl/N-ethyl adjacent to an activating group) is 1. The highest BCUT2D eigenvalue weighted by Gasteiger charge is 2.17. The van der Waals surface area contributed by atoms with Crippen LogP contribution in [0.3, 0.4) is 0 Å². The normalized spacial score (nSPS) is 11.3. The molecule has 0 spiro atoms. The molecule has 8 heteroatoms. The zero-order valence-corrected chi connectivity index (χ0v) is 19.9. The number of aromatic nitrogens is 1. The number of carbonyl (C=O) groups is 2. The standard InChI is InChI=1S/C25H28N4O3S/c1-4-28(5-2)12-13-29-11-10-18-16-19(8-9-20(18)29)26-25(31)23-17(3)15-22(33-23)27-24(30)21-7-6-14-32-21/h6-11,14-16H,4-5,12-13H2,1-3H3,(H,26,31)(H,27,30). The quantitative estimate of drug-likeness (QED) is 0.345. The molecule has 0 saturated heterocycles. The summed E-state index contributed by atoms with van der Waals surface area (Å²) in [4.78, 5) is 28.1. The Morgan fingerprint density at radius 2 is 1.88 bits per heavy atom. The molecular formula is C25H28N4O3S. The highest BCUT2D eigenvalue weighted by Crippen LogP contribution is 2.29. The maximum Gasteiger partial charge on any atom is 0.291 e. The van der Waals surface area contributed by atoms with Crippen molar-refractivity contribution in [1.29, 1.82) is 0 Å². The summed E-state index contributed by atoms with van der Waals surface area (Å²) in [7, 11) is 0. The van der Waals surface area contributed by atoms with Gasteiger partial charge in [-0.05, 0) is 68.0 Å². The third-order valence-corrected chi connectivity index (χ3v) is 6.84. The van der Waals surface area contributed by atoms with Gasteiger partial charge in [0, 0.05) is 35.9 Å². The van der Waals surface area contributed by atoms with Crippen molar-refractivity contribution in [2.45, 2.75) is 27.3 Å². The van der Waals surface area contributed by atoms with Crippen molar-refractivity contribution in [3.63, 3.8) is 0 Å². The van der Waals surface area contributed by atoms with Gasteiger partial charge < -0.3 is 24.5 Å². The summed E-state index contributed by atoms with van der Waals surface area (Å²) in [5, 5.41) is 7.45. The molecule has 0 bridgehead atoms. The smallest absolute Gasteiger partial charge is 0.291 e. The van der Waals surface area contributed by atoms with Crippen molar-refractivity contribution in [3.05, 3.63) is 71.1 Å². The van der Waals surface area contributed by atoms with E-state index in [2.05, 4.69) is 46.2 Å². The maximum absolute atomic E-state index is 12.9. The molecule has 0 atom stereocenters. The summed E-state index contributed by atoms with van der Waals surface area (Å²) in [5.41, 5.74) is 2.69. The van der Waals surface area contributed by atoms with Gasteiger partial charge in [0.15, 0.2) is 5.76 Å². The van der Waals surface area contributed by atoms with Gasteiger partial charge in [0.25, 0.3) is 11.8 Å². The summed E-state index contributed by atoms with van der Waals surface area (Å²) in [6.07, 6.45) is 3.54. The molecule has 2 N–H and O–H groups in total. The lowest BCUT2D eigenvalue weighted by Crippen LogP contribution is -2.26. The highest BCUT2D eigenvalue weighted by atomic mass is 32.1. The van der Waals surface area contributed by atoms with Gasteiger partial charge in [-0.2, -0.15) is 0 Å².